The third kappa shape index (κ3) is 4.21. The zero-order valence-electron chi connectivity index (χ0n) is 14.1. The van der Waals surface area contributed by atoms with E-state index in [-0.39, 0.29) is 12.0 Å². The zero-order valence-corrected chi connectivity index (χ0v) is 14.9. The Balaban J connectivity index is 1.68. The molecule has 7 heteroatoms. The topological polar surface area (TPSA) is 72.5 Å². The molecule has 0 spiro atoms. The second kappa shape index (κ2) is 7.72. The van der Waals surface area contributed by atoms with Gasteiger partial charge in [-0.3, -0.25) is 4.79 Å². The van der Waals surface area contributed by atoms with E-state index in [1.807, 2.05) is 19.1 Å². The summed E-state index contributed by atoms with van der Waals surface area (Å²) in [5.74, 6) is 0.984. The lowest BCUT2D eigenvalue weighted by molar-refractivity contribution is -0.124. The summed E-state index contributed by atoms with van der Waals surface area (Å²) in [6, 6.07) is 7.25. The molecule has 0 bridgehead atoms. The van der Waals surface area contributed by atoms with E-state index < -0.39 is 0 Å². The van der Waals surface area contributed by atoms with E-state index in [0.29, 0.717) is 23.2 Å². The number of hydrogen-bond acceptors (Lipinski definition) is 5. The maximum Gasteiger partial charge on any atom is 0.254 e. The van der Waals surface area contributed by atoms with Crippen LogP contribution in [0, 0.1) is 6.92 Å². The quantitative estimate of drug-likeness (QED) is 0.844. The van der Waals surface area contributed by atoms with Gasteiger partial charge in [0.15, 0.2) is 0 Å². The minimum atomic E-state index is -0.374. The first-order chi connectivity index (χ1) is 12.1. The summed E-state index contributed by atoms with van der Waals surface area (Å²) in [7, 11) is 1.59. The first-order valence-corrected chi connectivity index (χ1v) is 8.44. The molecule has 25 heavy (non-hydrogen) atoms. The van der Waals surface area contributed by atoms with E-state index in [2.05, 4.69) is 15.6 Å². The number of nitrogens with one attached hydrogen (secondary N) is 2. The molecule has 132 valence electrons. The Bertz CT molecular complexity index is 759. The molecule has 2 aromatic rings. The van der Waals surface area contributed by atoms with Crippen molar-refractivity contribution < 1.29 is 14.3 Å². The van der Waals surface area contributed by atoms with Gasteiger partial charge in [-0.05, 0) is 43.5 Å². The van der Waals surface area contributed by atoms with Crippen molar-refractivity contribution in [2.45, 2.75) is 25.9 Å². The van der Waals surface area contributed by atoms with Gasteiger partial charge in [-0.2, -0.15) is 0 Å². The van der Waals surface area contributed by atoms with Crippen LogP contribution in [0.1, 0.15) is 18.4 Å². The minimum absolute atomic E-state index is 0.152. The van der Waals surface area contributed by atoms with E-state index in [1.165, 1.54) is 0 Å². The van der Waals surface area contributed by atoms with E-state index >= 15 is 0 Å². The van der Waals surface area contributed by atoms with E-state index in [9.17, 15) is 4.79 Å². The molecule has 1 aliphatic heterocycles. The molecular formula is C18H20ClN3O3. The summed E-state index contributed by atoms with van der Waals surface area (Å²) < 4.78 is 10.7. The standard InChI is InChI=1S/C18H20ClN3O3/c1-11-8-14(16(24-2)9-13(11)19)21-12-5-6-17(20-10-12)22-18(23)15-4-3-7-25-15/h5-6,8-10,15,21H,3-4,7H2,1-2H3,(H,20,22,23). The third-order valence-corrected chi connectivity index (χ3v) is 4.40. The van der Waals surface area contributed by atoms with E-state index in [0.717, 1.165) is 29.8 Å². The van der Waals surface area contributed by atoms with Gasteiger partial charge in [-0.25, -0.2) is 4.98 Å². The third-order valence-electron chi connectivity index (χ3n) is 4.00. The van der Waals surface area contributed by atoms with Crippen LogP contribution in [0.3, 0.4) is 0 Å². The lowest BCUT2D eigenvalue weighted by Gasteiger charge is -2.14. The Kier molecular flexibility index (Phi) is 5.40. The van der Waals surface area contributed by atoms with Crippen LogP contribution in [0.2, 0.25) is 5.02 Å². The fourth-order valence-electron chi connectivity index (χ4n) is 2.62. The molecule has 0 saturated carbocycles. The van der Waals surface area contributed by atoms with Crippen molar-refractivity contribution in [3.63, 3.8) is 0 Å². The highest BCUT2D eigenvalue weighted by Gasteiger charge is 2.23. The van der Waals surface area contributed by atoms with Gasteiger partial charge in [-0.15, -0.1) is 0 Å². The minimum Gasteiger partial charge on any atom is -0.495 e. The number of carbonyl (C=O) groups is 1. The fraction of sp³-hybridized carbons (Fsp3) is 0.333. The van der Waals surface area contributed by atoms with Crippen LogP contribution in [0.15, 0.2) is 30.5 Å². The van der Waals surface area contributed by atoms with Gasteiger partial charge >= 0.3 is 0 Å². The average molecular weight is 362 g/mol. The highest BCUT2D eigenvalue weighted by Crippen LogP contribution is 2.33. The molecule has 1 aromatic carbocycles. The molecule has 6 nitrogen and oxygen atoms in total. The summed E-state index contributed by atoms with van der Waals surface area (Å²) in [5.41, 5.74) is 2.51. The maximum absolute atomic E-state index is 12.0. The van der Waals surface area contributed by atoms with Gasteiger partial charge in [-0.1, -0.05) is 11.6 Å². The maximum atomic E-state index is 12.0. The lowest BCUT2D eigenvalue weighted by atomic mass is 10.2. The highest BCUT2D eigenvalue weighted by atomic mass is 35.5. The van der Waals surface area contributed by atoms with Crippen LogP contribution in [0.4, 0.5) is 17.2 Å². The molecule has 1 saturated heterocycles. The van der Waals surface area contributed by atoms with Crippen molar-refractivity contribution in [3.05, 3.63) is 41.0 Å². The van der Waals surface area contributed by atoms with Crippen molar-refractivity contribution in [2.24, 2.45) is 0 Å². The molecule has 1 aliphatic rings. The summed E-state index contributed by atoms with van der Waals surface area (Å²) in [6.45, 7) is 2.56. The van der Waals surface area contributed by atoms with Gasteiger partial charge in [0.1, 0.15) is 17.7 Å². The first kappa shape index (κ1) is 17.5. The number of hydrogen-bond donors (Lipinski definition) is 2. The van der Waals surface area contributed by atoms with Gasteiger partial charge in [0.25, 0.3) is 5.91 Å². The number of pyridine rings is 1. The molecular weight excluding hydrogens is 342 g/mol. The number of halogens is 1. The van der Waals surface area contributed by atoms with Crippen LogP contribution in [-0.4, -0.2) is 30.7 Å². The average Bonchev–Trinajstić information content (AvgIpc) is 3.14. The predicted molar refractivity (Wildman–Crippen MR) is 97.9 cm³/mol. The number of amides is 1. The van der Waals surface area contributed by atoms with Crippen LogP contribution in [0.25, 0.3) is 0 Å². The fourth-order valence-corrected chi connectivity index (χ4v) is 2.77. The molecule has 1 aromatic heterocycles. The van der Waals surface area contributed by atoms with Gasteiger partial charge in [0, 0.05) is 17.7 Å². The summed E-state index contributed by atoms with van der Waals surface area (Å²) in [5, 5.41) is 6.66. The second-order valence-electron chi connectivity index (χ2n) is 5.85. The largest absolute Gasteiger partial charge is 0.495 e. The highest BCUT2D eigenvalue weighted by molar-refractivity contribution is 6.31. The number of aromatic nitrogens is 1. The molecule has 1 atom stereocenters. The summed E-state index contributed by atoms with van der Waals surface area (Å²) >= 11 is 6.12. The Morgan fingerprint density at radius 1 is 1.40 bits per heavy atom. The Morgan fingerprint density at radius 2 is 2.24 bits per heavy atom. The monoisotopic (exact) mass is 361 g/mol. The van der Waals surface area contributed by atoms with Crippen molar-refractivity contribution in [3.8, 4) is 5.75 Å². The number of benzene rings is 1. The Morgan fingerprint density at radius 3 is 2.88 bits per heavy atom. The first-order valence-electron chi connectivity index (χ1n) is 8.06. The zero-order chi connectivity index (χ0) is 17.8. The summed E-state index contributed by atoms with van der Waals surface area (Å²) in [6.07, 6.45) is 2.94. The van der Waals surface area contributed by atoms with Gasteiger partial charge in [0.2, 0.25) is 0 Å². The normalized spacial score (nSPS) is 16.5. The van der Waals surface area contributed by atoms with Crippen molar-refractivity contribution in [2.75, 3.05) is 24.4 Å². The number of aryl methyl sites for hydroxylation is 1. The Labute approximate surface area is 151 Å². The van der Waals surface area contributed by atoms with E-state index in [1.54, 1.807) is 25.4 Å². The van der Waals surface area contributed by atoms with Crippen molar-refractivity contribution >= 4 is 34.7 Å². The van der Waals surface area contributed by atoms with Crippen LogP contribution in [0.5, 0.6) is 5.75 Å². The molecule has 2 heterocycles. The van der Waals surface area contributed by atoms with Crippen LogP contribution >= 0.6 is 11.6 Å². The molecule has 1 amide bonds. The van der Waals surface area contributed by atoms with Crippen LogP contribution in [-0.2, 0) is 9.53 Å². The SMILES string of the molecule is COc1cc(Cl)c(C)cc1Nc1ccc(NC(=O)C2CCCO2)nc1. The molecule has 3 rings (SSSR count). The van der Waals surface area contributed by atoms with Gasteiger partial charge < -0.3 is 20.1 Å². The number of methoxy groups -OCH3 is 1. The number of ether oxygens (including phenoxy) is 2. The van der Waals surface area contributed by atoms with Crippen molar-refractivity contribution in [1.29, 1.82) is 0 Å². The smallest absolute Gasteiger partial charge is 0.254 e. The van der Waals surface area contributed by atoms with Crippen LogP contribution < -0.4 is 15.4 Å². The van der Waals surface area contributed by atoms with Gasteiger partial charge in [0.05, 0.1) is 24.7 Å². The number of rotatable bonds is 5. The predicted octanol–water partition coefficient (Wildman–Crippen LogP) is 3.91. The molecule has 0 aliphatic carbocycles. The van der Waals surface area contributed by atoms with E-state index in [4.69, 9.17) is 21.1 Å². The number of nitrogens with zero attached hydrogens (tertiary/aromatic N) is 1. The number of anilines is 3. The lowest BCUT2D eigenvalue weighted by Crippen LogP contribution is -2.27. The second-order valence-corrected chi connectivity index (χ2v) is 6.26. The molecule has 1 fully saturated rings. The summed E-state index contributed by atoms with van der Waals surface area (Å²) in [4.78, 5) is 16.3. The Hall–Kier alpha value is -2.31. The number of carbonyl (C=O) groups excluding carboxylic acids is 1. The molecule has 1 unspecified atom stereocenters. The molecule has 0 radical (unpaired) electrons. The molecule has 2 N–H and O–H groups in total. The van der Waals surface area contributed by atoms with Crippen molar-refractivity contribution in [1.82, 2.24) is 4.98 Å².